The highest BCUT2D eigenvalue weighted by Crippen LogP contribution is 2.25. The van der Waals surface area contributed by atoms with Crippen LogP contribution in [0.5, 0.6) is 0 Å². The maximum atomic E-state index is 9.08. The van der Waals surface area contributed by atoms with Crippen LogP contribution in [0.1, 0.15) is 23.6 Å². The topological polar surface area (TPSA) is 93.8 Å². The second-order valence-electron chi connectivity index (χ2n) is 4.20. The lowest BCUT2D eigenvalue weighted by Crippen LogP contribution is -1.91. The van der Waals surface area contributed by atoms with Crippen LogP contribution < -0.4 is 0 Å². The molecule has 0 saturated carbocycles. The number of hydrogen-bond donors (Lipinski definition) is 1. The average molecular weight is 267 g/mol. The molecular formula is C15H13N3O2. The van der Waals surface area contributed by atoms with Crippen LogP contribution in [0.2, 0.25) is 0 Å². The number of aliphatic hydroxyl groups is 1. The zero-order valence-electron chi connectivity index (χ0n) is 10.8. The van der Waals surface area contributed by atoms with Crippen molar-refractivity contribution in [2.24, 2.45) is 0 Å². The Morgan fingerprint density at radius 2 is 1.90 bits per heavy atom. The van der Waals surface area contributed by atoms with Gasteiger partial charge in [-0.1, -0.05) is 12.1 Å². The van der Waals surface area contributed by atoms with Crippen molar-refractivity contribution in [2.45, 2.75) is 19.3 Å². The van der Waals surface area contributed by atoms with E-state index in [1.165, 1.54) is 0 Å². The summed E-state index contributed by atoms with van der Waals surface area (Å²) >= 11 is 0. The van der Waals surface area contributed by atoms with Crippen molar-refractivity contribution in [1.29, 1.82) is 10.5 Å². The summed E-state index contributed by atoms with van der Waals surface area (Å²) in [6.07, 6.45) is 1.16. The molecule has 1 N–H and O–H groups in total. The molecule has 100 valence electrons. The molecule has 2 aromatic rings. The number of oxazole rings is 1. The molecule has 5 nitrogen and oxygen atoms in total. The molecular weight excluding hydrogens is 254 g/mol. The van der Waals surface area contributed by atoms with Crippen molar-refractivity contribution in [3.8, 4) is 23.4 Å². The fourth-order valence-corrected chi connectivity index (χ4v) is 1.87. The van der Waals surface area contributed by atoms with Gasteiger partial charge in [0.15, 0.2) is 5.89 Å². The molecule has 0 saturated heterocycles. The van der Waals surface area contributed by atoms with Gasteiger partial charge >= 0.3 is 0 Å². The van der Waals surface area contributed by atoms with Gasteiger partial charge in [0.1, 0.15) is 11.5 Å². The molecule has 0 radical (unpaired) electrons. The van der Waals surface area contributed by atoms with Crippen LogP contribution in [0.25, 0.3) is 11.3 Å². The van der Waals surface area contributed by atoms with Gasteiger partial charge in [0, 0.05) is 24.8 Å². The Hall–Kier alpha value is -2.63. The highest BCUT2D eigenvalue weighted by molar-refractivity contribution is 5.62. The van der Waals surface area contributed by atoms with Crippen LogP contribution in [0.15, 0.2) is 28.7 Å². The summed E-state index contributed by atoms with van der Waals surface area (Å²) in [6.45, 7) is -0.0316. The number of nitriles is 2. The zero-order valence-corrected chi connectivity index (χ0v) is 10.8. The molecule has 0 unspecified atom stereocenters. The lowest BCUT2D eigenvalue weighted by Gasteiger charge is -1.99. The summed E-state index contributed by atoms with van der Waals surface area (Å²) in [5.74, 6) is 1.10. The molecule has 0 aliphatic rings. The molecule has 1 aromatic heterocycles. The number of hydrogen-bond acceptors (Lipinski definition) is 5. The molecule has 5 heteroatoms. The van der Waals surface area contributed by atoms with Gasteiger partial charge in [-0.2, -0.15) is 10.5 Å². The Morgan fingerprint density at radius 1 is 1.15 bits per heavy atom. The first kappa shape index (κ1) is 13.8. The van der Waals surface area contributed by atoms with E-state index in [0.29, 0.717) is 42.2 Å². The third kappa shape index (κ3) is 3.03. The standard InChI is InChI=1S/C15H13N3O2/c16-8-1-2-14-18-15(13(20-14)7-9-19)12-5-3-11(10-17)4-6-12/h3-6,19H,1-2,7,9H2. The summed E-state index contributed by atoms with van der Waals surface area (Å²) in [6, 6.07) is 11.1. The summed E-state index contributed by atoms with van der Waals surface area (Å²) in [5.41, 5.74) is 2.07. The second kappa shape index (κ2) is 6.51. The maximum Gasteiger partial charge on any atom is 0.196 e. The molecule has 1 heterocycles. The minimum Gasteiger partial charge on any atom is -0.445 e. The predicted octanol–water partition coefficient (Wildman–Crippen LogP) is 2.20. The lowest BCUT2D eigenvalue weighted by atomic mass is 10.1. The van der Waals surface area contributed by atoms with Gasteiger partial charge in [-0.05, 0) is 12.1 Å². The van der Waals surface area contributed by atoms with Gasteiger partial charge in [0.2, 0.25) is 0 Å². The maximum absolute atomic E-state index is 9.08. The summed E-state index contributed by atoms with van der Waals surface area (Å²) < 4.78 is 5.58. The van der Waals surface area contributed by atoms with E-state index >= 15 is 0 Å². The number of rotatable bonds is 5. The van der Waals surface area contributed by atoms with Crippen LogP contribution in [0, 0.1) is 22.7 Å². The molecule has 0 spiro atoms. The third-order valence-electron chi connectivity index (χ3n) is 2.82. The number of aliphatic hydroxyl groups excluding tert-OH is 1. The molecule has 20 heavy (non-hydrogen) atoms. The Morgan fingerprint density at radius 3 is 2.50 bits per heavy atom. The largest absolute Gasteiger partial charge is 0.445 e. The van der Waals surface area contributed by atoms with Crippen LogP contribution in [0.4, 0.5) is 0 Å². The van der Waals surface area contributed by atoms with E-state index in [4.69, 9.17) is 20.0 Å². The van der Waals surface area contributed by atoms with Crippen molar-refractivity contribution in [3.63, 3.8) is 0 Å². The van der Waals surface area contributed by atoms with Crippen molar-refractivity contribution in [2.75, 3.05) is 6.61 Å². The SMILES string of the molecule is N#CCCc1nc(-c2ccc(C#N)cc2)c(CCO)o1. The van der Waals surface area contributed by atoms with Crippen LogP contribution in [-0.2, 0) is 12.8 Å². The Labute approximate surface area is 116 Å². The smallest absolute Gasteiger partial charge is 0.196 e. The number of benzene rings is 1. The van der Waals surface area contributed by atoms with Crippen molar-refractivity contribution < 1.29 is 9.52 Å². The predicted molar refractivity (Wildman–Crippen MR) is 71.4 cm³/mol. The zero-order chi connectivity index (χ0) is 14.4. The number of aromatic nitrogens is 1. The highest BCUT2D eigenvalue weighted by atomic mass is 16.4. The first-order valence-electron chi connectivity index (χ1n) is 6.25. The van der Waals surface area contributed by atoms with E-state index in [0.717, 1.165) is 5.56 Å². The molecule has 0 bridgehead atoms. The summed E-state index contributed by atoms with van der Waals surface area (Å²) in [5, 5.41) is 26.5. The lowest BCUT2D eigenvalue weighted by molar-refractivity contribution is 0.286. The molecule has 1 aromatic carbocycles. The Bertz CT molecular complexity index is 660. The van der Waals surface area contributed by atoms with Gasteiger partial charge in [-0.25, -0.2) is 4.98 Å². The second-order valence-corrected chi connectivity index (χ2v) is 4.20. The quantitative estimate of drug-likeness (QED) is 0.896. The van der Waals surface area contributed by atoms with Crippen molar-refractivity contribution >= 4 is 0 Å². The van der Waals surface area contributed by atoms with Crippen molar-refractivity contribution in [3.05, 3.63) is 41.5 Å². The van der Waals surface area contributed by atoms with Gasteiger partial charge in [0.25, 0.3) is 0 Å². The molecule has 0 atom stereocenters. The number of aryl methyl sites for hydroxylation is 1. The summed E-state index contributed by atoms with van der Waals surface area (Å²) in [7, 11) is 0. The first-order chi connectivity index (χ1) is 9.78. The molecule has 0 amide bonds. The number of nitrogens with zero attached hydrogens (tertiary/aromatic N) is 3. The Balaban J connectivity index is 2.35. The van der Waals surface area contributed by atoms with Crippen LogP contribution >= 0.6 is 0 Å². The minimum atomic E-state index is -0.0316. The fourth-order valence-electron chi connectivity index (χ4n) is 1.87. The van der Waals surface area contributed by atoms with Crippen LogP contribution in [-0.4, -0.2) is 16.7 Å². The third-order valence-corrected chi connectivity index (χ3v) is 2.82. The van der Waals surface area contributed by atoms with E-state index in [1.807, 2.05) is 6.07 Å². The average Bonchev–Trinajstić information content (AvgIpc) is 2.88. The van der Waals surface area contributed by atoms with Gasteiger partial charge in [-0.3, -0.25) is 0 Å². The van der Waals surface area contributed by atoms with Crippen molar-refractivity contribution in [1.82, 2.24) is 4.98 Å². The van der Waals surface area contributed by atoms with E-state index in [2.05, 4.69) is 11.1 Å². The first-order valence-corrected chi connectivity index (χ1v) is 6.25. The minimum absolute atomic E-state index is 0.0316. The van der Waals surface area contributed by atoms with E-state index in [-0.39, 0.29) is 6.61 Å². The van der Waals surface area contributed by atoms with E-state index in [9.17, 15) is 0 Å². The molecule has 0 fully saturated rings. The highest BCUT2D eigenvalue weighted by Gasteiger charge is 2.14. The Kier molecular flexibility index (Phi) is 4.49. The fraction of sp³-hybridized carbons (Fsp3) is 0.267. The van der Waals surface area contributed by atoms with Gasteiger partial charge < -0.3 is 9.52 Å². The van der Waals surface area contributed by atoms with E-state index < -0.39 is 0 Å². The normalized spacial score (nSPS) is 9.95. The molecule has 2 rings (SSSR count). The monoisotopic (exact) mass is 267 g/mol. The van der Waals surface area contributed by atoms with E-state index in [1.54, 1.807) is 24.3 Å². The molecule has 0 aliphatic carbocycles. The van der Waals surface area contributed by atoms with Crippen LogP contribution in [0.3, 0.4) is 0 Å². The van der Waals surface area contributed by atoms with Gasteiger partial charge in [0.05, 0.1) is 24.3 Å². The molecule has 0 aliphatic heterocycles. The van der Waals surface area contributed by atoms with Gasteiger partial charge in [-0.15, -0.1) is 0 Å². The summed E-state index contributed by atoms with van der Waals surface area (Å²) in [4.78, 5) is 4.38.